The molecule has 0 aromatic heterocycles. The molecule has 0 radical (unpaired) electrons. The molecule has 0 saturated carbocycles. The molecule has 1 amide bonds. The molecule has 5 nitrogen and oxygen atoms in total. The lowest BCUT2D eigenvalue weighted by Gasteiger charge is -2.06. The van der Waals surface area contributed by atoms with Gasteiger partial charge >= 0.3 is 0 Å². The maximum atomic E-state index is 12.0. The Morgan fingerprint density at radius 3 is 2.64 bits per heavy atom. The molecule has 0 unspecified atom stereocenters. The van der Waals surface area contributed by atoms with Crippen molar-refractivity contribution >= 4 is 5.91 Å². The van der Waals surface area contributed by atoms with E-state index >= 15 is 0 Å². The number of carbonyl (C=O) groups excluding carboxylic acids is 1. The van der Waals surface area contributed by atoms with Gasteiger partial charge in [0.05, 0.1) is 7.11 Å². The second-order valence-electron chi connectivity index (χ2n) is 5.39. The zero-order chi connectivity index (χ0) is 17.9. The van der Waals surface area contributed by atoms with E-state index in [0.29, 0.717) is 13.1 Å². The molecule has 0 heterocycles. The lowest BCUT2D eigenvalue weighted by atomic mass is 10.1. The van der Waals surface area contributed by atoms with Gasteiger partial charge in [-0.15, -0.1) is 0 Å². The highest BCUT2D eigenvalue weighted by atomic mass is 16.5. The zero-order valence-electron chi connectivity index (χ0n) is 14.2. The van der Waals surface area contributed by atoms with Crippen LogP contribution in [0, 0.1) is 11.3 Å². The first-order valence-electron chi connectivity index (χ1n) is 8.01. The first-order valence-corrected chi connectivity index (χ1v) is 8.01. The molecule has 2 aromatic carbocycles. The van der Waals surface area contributed by atoms with Crippen molar-refractivity contribution in [1.29, 1.82) is 5.26 Å². The number of rotatable bonds is 8. The first kappa shape index (κ1) is 18.1. The van der Waals surface area contributed by atoms with Crippen LogP contribution in [0.2, 0.25) is 0 Å². The minimum Gasteiger partial charge on any atom is -0.497 e. The summed E-state index contributed by atoms with van der Waals surface area (Å²) in [7, 11) is 1.61. The Balaban J connectivity index is 1.82. The highest BCUT2D eigenvalue weighted by Gasteiger charge is 2.07. The molecule has 2 N–H and O–H groups in total. The maximum Gasteiger partial charge on any atom is 0.263 e. The van der Waals surface area contributed by atoms with Crippen molar-refractivity contribution in [2.75, 3.05) is 13.7 Å². The topological polar surface area (TPSA) is 74.1 Å². The molecule has 0 fully saturated rings. The van der Waals surface area contributed by atoms with Crippen molar-refractivity contribution in [3.05, 3.63) is 77.5 Å². The Bertz CT molecular complexity index is 764. The van der Waals surface area contributed by atoms with E-state index in [2.05, 4.69) is 10.6 Å². The van der Waals surface area contributed by atoms with E-state index in [1.54, 1.807) is 7.11 Å². The molecule has 2 aromatic rings. The third-order valence-electron chi connectivity index (χ3n) is 3.59. The number of hydrogen-bond acceptors (Lipinski definition) is 4. The highest BCUT2D eigenvalue weighted by Crippen LogP contribution is 2.12. The molecule has 0 aliphatic heterocycles. The van der Waals surface area contributed by atoms with Crippen LogP contribution >= 0.6 is 0 Å². The summed E-state index contributed by atoms with van der Waals surface area (Å²) in [5, 5.41) is 14.9. The summed E-state index contributed by atoms with van der Waals surface area (Å²) in [6.07, 6.45) is 2.17. The summed E-state index contributed by atoms with van der Waals surface area (Å²) < 4.78 is 5.16. The van der Waals surface area contributed by atoms with Crippen LogP contribution in [0.25, 0.3) is 0 Å². The first-order chi connectivity index (χ1) is 12.2. The van der Waals surface area contributed by atoms with Crippen LogP contribution in [0.1, 0.15) is 11.1 Å². The molecule has 0 aliphatic carbocycles. The molecule has 25 heavy (non-hydrogen) atoms. The Kier molecular flexibility index (Phi) is 7.08. The summed E-state index contributed by atoms with van der Waals surface area (Å²) in [5.74, 6) is 0.388. The largest absolute Gasteiger partial charge is 0.497 e. The van der Waals surface area contributed by atoms with E-state index in [-0.39, 0.29) is 11.5 Å². The van der Waals surface area contributed by atoms with Gasteiger partial charge in [0.25, 0.3) is 5.91 Å². The van der Waals surface area contributed by atoms with Crippen LogP contribution < -0.4 is 15.4 Å². The van der Waals surface area contributed by atoms with Gasteiger partial charge in [0.1, 0.15) is 17.4 Å². The molecule has 128 valence electrons. The predicted octanol–water partition coefficient (Wildman–Crippen LogP) is 2.55. The molecule has 0 aliphatic rings. The monoisotopic (exact) mass is 335 g/mol. The smallest absolute Gasteiger partial charge is 0.263 e. The van der Waals surface area contributed by atoms with Crippen molar-refractivity contribution in [2.45, 2.75) is 13.0 Å². The SMILES string of the molecule is COc1cccc(CN/C=C(/C#N)C(=O)NCCc2ccccc2)c1. The quantitative estimate of drug-likeness (QED) is 0.574. The lowest BCUT2D eigenvalue weighted by Crippen LogP contribution is -2.27. The number of methoxy groups -OCH3 is 1. The highest BCUT2D eigenvalue weighted by molar-refractivity contribution is 5.97. The number of nitrogens with zero attached hydrogens (tertiary/aromatic N) is 1. The van der Waals surface area contributed by atoms with Gasteiger partial charge in [-0.2, -0.15) is 5.26 Å². The molecular formula is C20H21N3O2. The van der Waals surface area contributed by atoms with Crippen molar-refractivity contribution in [3.63, 3.8) is 0 Å². The normalized spacial score (nSPS) is 10.6. The van der Waals surface area contributed by atoms with Gasteiger partial charge in [0.15, 0.2) is 0 Å². The summed E-state index contributed by atoms with van der Waals surface area (Å²) in [5.41, 5.74) is 2.19. The Labute approximate surface area is 147 Å². The molecule has 0 atom stereocenters. The van der Waals surface area contributed by atoms with E-state index in [9.17, 15) is 4.79 Å². The number of ether oxygens (including phenoxy) is 1. The molecular weight excluding hydrogens is 314 g/mol. The van der Waals surface area contributed by atoms with E-state index in [1.807, 2.05) is 60.7 Å². The number of benzene rings is 2. The molecule has 5 heteroatoms. The average Bonchev–Trinajstić information content (AvgIpc) is 2.66. The van der Waals surface area contributed by atoms with Gasteiger partial charge < -0.3 is 15.4 Å². The standard InChI is InChI=1S/C20H21N3O2/c1-25-19-9-5-8-17(12-19)14-22-15-18(13-21)20(24)23-11-10-16-6-3-2-4-7-16/h2-9,12,15,22H,10-11,14H2,1H3,(H,23,24)/b18-15-. The van der Waals surface area contributed by atoms with Crippen LogP contribution in [0.15, 0.2) is 66.4 Å². The number of hydrogen-bond donors (Lipinski definition) is 2. The molecule has 2 rings (SSSR count). The molecule has 0 spiro atoms. The third kappa shape index (κ3) is 6.04. The Hall–Kier alpha value is -3.26. The van der Waals surface area contributed by atoms with Gasteiger partial charge in [0.2, 0.25) is 0 Å². The van der Waals surface area contributed by atoms with Gasteiger partial charge in [-0.05, 0) is 29.7 Å². The minimum atomic E-state index is -0.378. The maximum absolute atomic E-state index is 12.0. The fraction of sp³-hybridized carbons (Fsp3) is 0.200. The number of carbonyl (C=O) groups is 1. The van der Waals surface area contributed by atoms with Gasteiger partial charge in [-0.1, -0.05) is 42.5 Å². The van der Waals surface area contributed by atoms with Crippen molar-refractivity contribution < 1.29 is 9.53 Å². The van der Waals surface area contributed by atoms with Crippen LogP contribution in [-0.2, 0) is 17.8 Å². The predicted molar refractivity (Wildman–Crippen MR) is 96.7 cm³/mol. The minimum absolute atomic E-state index is 0.0518. The number of nitrogens with one attached hydrogen (secondary N) is 2. The van der Waals surface area contributed by atoms with Crippen LogP contribution in [-0.4, -0.2) is 19.6 Å². The summed E-state index contributed by atoms with van der Waals surface area (Å²) in [6.45, 7) is 0.984. The van der Waals surface area contributed by atoms with Crippen LogP contribution in [0.4, 0.5) is 0 Å². The van der Waals surface area contributed by atoms with E-state index in [0.717, 1.165) is 23.3 Å². The molecule has 0 saturated heterocycles. The van der Waals surface area contributed by atoms with Crippen molar-refractivity contribution in [1.82, 2.24) is 10.6 Å². The van der Waals surface area contributed by atoms with E-state index < -0.39 is 0 Å². The van der Waals surface area contributed by atoms with Gasteiger partial charge in [-0.25, -0.2) is 0 Å². The van der Waals surface area contributed by atoms with Crippen molar-refractivity contribution in [2.24, 2.45) is 0 Å². The average molecular weight is 335 g/mol. The fourth-order valence-corrected chi connectivity index (χ4v) is 2.26. The number of nitriles is 1. The Morgan fingerprint density at radius 2 is 1.92 bits per heavy atom. The second-order valence-corrected chi connectivity index (χ2v) is 5.39. The second kappa shape index (κ2) is 9.78. The lowest BCUT2D eigenvalue weighted by molar-refractivity contribution is -0.117. The van der Waals surface area contributed by atoms with Crippen LogP contribution in [0.5, 0.6) is 5.75 Å². The fourth-order valence-electron chi connectivity index (χ4n) is 2.26. The zero-order valence-corrected chi connectivity index (χ0v) is 14.2. The van der Waals surface area contributed by atoms with E-state index in [4.69, 9.17) is 10.00 Å². The van der Waals surface area contributed by atoms with Crippen LogP contribution in [0.3, 0.4) is 0 Å². The van der Waals surface area contributed by atoms with E-state index in [1.165, 1.54) is 6.20 Å². The number of amides is 1. The molecule has 0 bridgehead atoms. The summed E-state index contributed by atoms with van der Waals surface area (Å²) >= 11 is 0. The third-order valence-corrected chi connectivity index (χ3v) is 3.59. The van der Waals surface area contributed by atoms with Gasteiger partial charge in [-0.3, -0.25) is 4.79 Å². The summed E-state index contributed by atoms with van der Waals surface area (Å²) in [6, 6.07) is 19.4. The van der Waals surface area contributed by atoms with Crippen molar-refractivity contribution in [3.8, 4) is 11.8 Å². The Morgan fingerprint density at radius 1 is 1.16 bits per heavy atom. The summed E-state index contributed by atoms with van der Waals surface area (Å²) in [4.78, 5) is 12.0. The van der Waals surface area contributed by atoms with Gasteiger partial charge in [0, 0.05) is 19.3 Å².